The number of amides is 1. The molecule has 1 fully saturated rings. The Morgan fingerprint density at radius 3 is 2.50 bits per heavy atom. The number of phenolic OH excluding ortho intramolecular Hbond substituents is 1. The van der Waals surface area contributed by atoms with Crippen molar-refractivity contribution in [1.29, 1.82) is 0 Å². The van der Waals surface area contributed by atoms with Crippen molar-refractivity contribution in [3.8, 4) is 17.2 Å². The molecule has 1 saturated heterocycles. The number of hydrogen-bond donors (Lipinski definition) is 2. The number of carbonyl (C=O) groups is 1. The minimum absolute atomic E-state index is 0.00242. The van der Waals surface area contributed by atoms with Crippen molar-refractivity contribution in [2.45, 2.75) is 0 Å². The molecule has 0 aromatic heterocycles. The predicted molar refractivity (Wildman–Crippen MR) is 107 cm³/mol. The summed E-state index contributed by atoms with van der Waals surface area (Å²) in [5, 5.41) is 13.0. The number of nitrogens with zero attached hydrogens (tertiary/aromatic N) is 1. The number of aromatic hydroxyl groups is 1. The van der Waals surface area contributed by atoms with Gasteiger partial charge < -0.3 is 19.9 Å². The number of carbonyl (C=O) groups excluding carboxylic acids is 1. The van der Waals surface area contributed by atoms with Gasteiger partial charge in [0, 0.05) is 4.47 Å². The summed E-state index contributed by atoms with van der Waals surface area (Å²) >= 11 is 8.67. The Balaban J connectivity index is 1.94. The molecule has 0 radical (unpaired) electrons. The SMILES string of the molecule is COc1ccc(N2C(=O)/C(=C\c3cc(OC)c(O)cc3Br)NC2=S)cc1. The fraction of sp³-hybridized carbons (Fsp3) is 0.111. The van der Waals surface area contributed by atoms with Crippen molar-refractivity contribution < 1.29 is 19.4 Å². The Morgan fingerprint density at radius 1 is 1.19 bits per heavy atom. The van der Waals surface area contributed by atoms with Gasteiger partial charge in [-0.15, -0.1) is 0 Å². The number of methoxy groups -OCH3 is 2. The van der Waals surface area contributed by atoms with Gasteiger partial charge in [0.25, 0.3) is 5.91 Å². The molecule has 6 nitrogen and oxygen atoms in total. The largest absolute Gasteiger partial charge is 0.504 e. The van der Waals surface area contributed by atoms with Crippen LogP contribution in [-0.4, -0.2) is 30.3 Å². The third-order valence-electron chi connectivity index (χ3n) is 3.81. The summed E-state index contributed by atoms with van der Waals surface area (Å²) in [6.45, 7) is 0. The number of thiocarbonyl (C=S) groups is 1. The Kier molecular flexibility index (Phi) is 5.15. The fourth-order valence-corrected chi connectivity index (χ4v) is 3.23. The van der Waals surface area contributed by atoms with Gasteiger partial charge in [-0.2, -0.15) is 0 Å². The van der Waals surface area contributed by atoms with Gasteiger partial charge in [-0.05, 0) is 60.3 Å². The lowest BCUT2D eigenvalue weighted by Crippen LogP contribution is -2.30. The fourth-order valence-electron chi connectivity index (χ4n) is 2.49. The highest BCUT2D eigenvalue weighted by molar-refractivity contribution is 9.10. The normalized spacial score (nSPS) is 15.3. The molecule has 0 aliphatic carbocycles. The molecule has 1 amide bonds. The number of benzene rings is 2. The lowest BCUT2D eigenvalue weighted by molar-refractivity contribution is -0.113. The molecule has 134 valence electrons. The molecule has 2 N–H and O–H groups in total. The van der Waals surface area contributed by atoms with E-state index in [4.69, 9.17) is 21.7 Å². The van der Waals surface area contributed by atoms with Crippen LogP contribution in [0, 0.1) is 0 Å². The summed E-state index contributed by atoms with van der Waals surface area (Å²) in [6.07, 6.45) is 1.64. The Morgan fingerprint density at radius 2 is 1.88 bits per heavy atom. The average Bonchev–Trinajstić information content (AvgIpc) is 2.91. The number of hydrogen-bond acceptors (Lipinski definition) is 5. The van der Waals surface area contributed by atoms with Crippen LogP contribution >= 0.6 is 28.1 Å². The first-order chi connectivity index (χ1) is 12.4. The first-order valence-corrected chi connectivity index (χ1v) is 8.72. The molecule has 1 aliphatic rings. The maximum Gasteiger partial charge on any atom is 0.281 e. The van der Waals surface area contributed by atoms with Crippen LogP contribution in [0.25, 0.3) is 6.08 Å². The third-order valence-corrected chi connectivity index (χ3v) is 4.78. The number of ether oxygens (including phenoxy) is 2. The summed E-state index contributed by atoms with van der Waals surface area (Å²) in [4.78, 5) is 14.2. The predicted octanol–water partition coefficient (Wildman–Crippen LogP) is 3.43. The number of phenols is 1. The second-order valence-electron chi connectivity index (χ2n) is 5.37. The van der Waals surface area contributed by atoms with Gasteiger partial charge in [0.1, 0.15) is 11.4 Å². The van der Waals surface area contributed by atoms with Crippen LogP contribution < -0.4 is 19.7 Å². The summed E-state index contributed by atoms with van der Waals surface area (Å²) < 4.78 is 10.9. The van der Waals surface area contributed by atoms with E-state index in [1.54, 1.807) is 43.5 Å². The standard InChI is InChI=1S/C18H15BrN2O4S/c1-24-12-5-3-11(4-6-12)21-17(23)14(20-18(21)26)7-10-8-16(25-2)15(22)9-13(10)19/h3-9,22H,1-2H3,(H,20,26)/b14-7+. The van der Waals surface area contributed by atoms with E-state index in [2.05, 4.69) is 21.2 Å². The summed E-state index contributed by atoms with van der Waals surface area (Å²) in [5.74, 6) is 0.719. The number of anilines is 1. The molecule has 1 heterocycles. The van der Waals surface area contributed by atoms with Crippen molar-refractivity contribution in [1.82, 2.24) is 5.32 Å². The number of nitrogens with one attached hydrogen (secondary N) is 1. The van der Waals surface area contributed by atoms with Gasteiger partial charge in [0.05, 0.1) is 19.9 Å². The van der Waals surface area contributed by atoms with E-state index in [1.807, 2.05) is 0 Å². The molecular weight excluding hydrogens is 420 g/mol. The summed E-state index contributed by atoms with van der Waals surface area (Å²) in [6, 6.07) is 10.2. The Bertz CT molecular complexity index is 912. The Hall–Kier alpha value is -2.58. The quantitative estimate of drug-likeness (QED) is 0.567. The van der Waals surface area contributed by atoms with Crippen molar-refractivity contribution in [3.05, 3.63) is 52.1 Å². The van der Waals surface area contributed by atoms with Gasteiger partial charge in [0.15, 0.2) is 16.6 Å². The molecule has 0 bridgehead atoms. The molecule has 0 unspecified atom stereocenters. The molecule has 2 aromatic rings. The summed E-state index contributed by atoms with van der Waals surface area (Å²) in [5.41, 5.74) is 1.62. The van der Waals surface area contributed by atoms with Crippen LogP contribution in [0.5, 0.6) is 17.2 Å². The molecule has 0 atom stereocenters. The van der Waals surface area contributed by atoms with Gasteiger partial charge in [-0.1, -0.05) is 15.9 Å². The van der Waals surface area contributed by atoms with Crippen LogP contribution in [-0.2, 0) is 4.79 Å². The van der Waals surface area contributed by atoms with Crippen LogP contribution in [0.1, 0.15) is 5.56 Å². The van der Waals surface area contributed by atoms with Gasteiger partial charge in [-0.25, -0.2) is 0 Å². The smallest absolute Gasteiger partial charge is 0.281 e. The van der Waals surface area contributed by atoms with Gasteiger partial charge >= 0.3 is 0 Å². The third kappa shape index (κ3) is 3.38. The highest BCUT2D eigenvalue weighted by atomic mass is 79.9. The van der Waals surface area contributed by atoms with Gasteiger partial charge in [0.2, 0.25) is 0 Å². The molecule has 0 spiro atoms. The van der Waals surface area contributed by atoms with E-state index in [0.29, 0.717) is 32.9 Å². The molecule has 1 aliphatic heterocycles. The molecule has 2 aromatic carbocycles. The zero-order chi connectivity index (χ0) is 18.8. The van der Waals surface area contributed by atoms with Crippen molar-refractivity contribution in [3.63, 3.8) is 0 Å². The lowest BCUT2D eigenvalue weighted by atomic mass is 10.1. The van der Waals surface area contributed by atoms with Gasteiger partial charge in [-0.3, -0.25) is 9.69 Å². The van der Waals surface area contributed by atoms with Crippen molar-refractivity contribution in [2.24, 2.45) is 0 Å². The van der Waals surface area contributed by atoms with Crippen molar-refractivity contribution >= 4 is 50.9 Å². The first-order valence-electron chi connectivity index (χ1n) is 7.52. The van der Waals surface area contributed by atoms with Crippen LogP contribution in [0.3, 0.4) is 0 Å². The zero-order valence-corrected chi connectivity index (χ0v) is 16.3. The maximum atomic E-state index is 12.8. The van der Waals surface area contributed by atoms with Crippen LogP contribution in [0.15, 0.2) is 46.6 Å². The topological polar surface area (TPSA) is 71.0 Å². The molecule has 0 saturated carbocycles. The van der Waals surface area contributed by atoms with E-state index in [9.17, 15) is 9.90 Å². The lowest BCUT2D eigenvalue weighted by Gasteiger charge is -2.14. The highest BCUT2D eigenvalue weighted by Crippen LogP contribution is 2.34. The van der Waals surface area contributed by atoms with Crippen LogP contribution in [0.2, 0.25) is 0 Å². The number of halogens is 1. The van der Waals surface area contributed by atoms with E-state index in [1.165, 1.54) is 18.1 Å². The second kappa shape index (κ2) is 7.35. The minimum Gasteiger partial charge on any atom is -0.504 e. The molecule has 3 rings (SSSR count). The molecule has 26 heavy (non-hydrogen) atoms. The van der Waals surface area contributed by atoms with E-state index < -0.39 is 0 Å². The minimum atomic E-state index is -0.279. The van der Waals surface area contributed by atoms with E-state index in [0.717, 1.165) is 0 Å². The average molecular weight is 435 g/mol. The molecular formula is C18H15BrN2O4S. The first kappa shape index (κ1) is 18.2. The molecule has 8 heteroatoms. The number of rotatable bonds is 4. The maximum absolute atomic E-state index is 12.8. The summed E-state index contributed by atoms with van der Waals surface area (Å²) in [7, 11) is 3.03. The highest BCUT2D eigenvalue weighted by Gasteiger charge is 2.32. The second-order valence-corrected chi connectivity index (χ2v) is 6.61. The monoisotopic (exact) mass is 434 g/mol. The zero-order valence-electron chi connectivity index (χ0n) is 13.9. The Labute approximate surface area is 164 Å². The van der Waals surface area contributed by atoms with Crippen LogP contribution in [0.4, 0.5) is 5.69 Å². The van der Waals surface area contributed by atoms with E-state index >= 15 is 0 Å². The van der Waals surface area contributed by atoms with Crippen molar-refractivity contribution in [2.75, 3.05) is 19.1 Å². The van der Waals surface area contributed by atoms with E-state index in [-0.39, 0.29) is 16.8 Å².